The van der Waals surface area contributed by atoms with E-state index in [4.69, 9.17) is 0 Å². The lowest BCUT2D eigenvalue weighted by molar-refractivity contribution is -1.02. The number of fused-ring (bicyclic) bond motifs is 1. The van der Waals surface area contributed by atoms with Gasteiger partial charge in [-0.2, -0.15) is 0 Å². The van der Waals surface area contributed by atoms with Crippen molar-refractivity contribution in [3.63, 3.8) is 0 Å². The van der Waals surface area contributed by atoms with Crippen LogP contribution in [0.15, 0.2) is 23.0 Å². The van der Waals surface area contributed by atoms with Gasteiger partial charge >= 0.3 is 0 Å². The van der Waals surface area contributed by atoms with E-state index in [1.54, 1.807) is 0 Å². The third kappa shape index (κ3) is 4.02. The van der Waals surface area contributed by atoms with E-state index in [9.17, 15) is 4.79 Å². The maximum absolute atomic E-state index is 13.4. The number of piperazine rings is 1. The Labute approximate surface area is 183 Å². The van der Waals surface area contributed by atoms with Crippen molar-refractivity contribution in [1.29, 1.82) is 0 Å². The van der Waals surface area contributed by atoms with Gasteiger partial charge in [0, 0.05) is 5.52 Å². The Hall–Kier alpha value is -2.58. The molecule has 0 unspecified atom stereocenters. The summed E-state index contributed by atoms with van der Waals surface area (Å²) in [5, 5.41) is 13.9. The number of tetrazole rings is 1. The van der Waals surface area contributed by atoms with E-state index in [0.29, 0.717) is 0 Å². The number of nitrogens with one attached hydrogen (secondary N) is 3. The van der Waals surface area contributed by atoms with Crippen LogP contribution in [0, 0.1) is 13.8 Å². The van der Waals surface area contributed by atoms with E-state index in [2.05, 4.69) is 80.4 Å². The van der Waals surface area contributed by atoms with Crippen molar-refractivity contribution in [3.8, 4) is 0 Å². The van der Waals surface area contributed by atoms with Crippen molar-refractivity contribution in [2.24, 2.45) is 0 Å². The van der Waals surface area contributed by atoms with Gasteiger partial charge in [0.25, 0.3) is 5.56 Å². The molecule has 0 radical (unpaired) electrons. The minimum atomic E-state index is -0.230. The highest BCUT2D eigenvalue weighted by Gasteiger charge is 2.39. The fraction of sp³-hybridized carbons (Fsp3) is 0.565. The van der Waals surface area contributed by atoms with E-state index in [-0.39, 0.29) is 17.1 Å². The Balaban J connectivity index is 1.90. The molecule has 1 saturated heterocycles. The molecule has 3 N–H and O–H groups in total. The summed E-state index contributed by atoms with van der Waals surface area (Å²) in [4.78, 5) is 19.4. The summed E-state index contributed by atoms with van der Waals surface area (Å²) in [6, 6.07) is 6.07. The predicted octanol–water partition coefficient (Wildman–Crippen LogP) is -0.221. The first-order valence-electron chi connectivity index (χ1n) is 11.3. The van der Waals surface area contributed by atoms with Crippen LogP contribution in [0.1, 0.15) is 55.7 Å². The molecule has 0 bridgehead atoms. The molecule has 1 aromatic carbocycles. The Morgan fingerprint density at radius 1 is 1.13 bits per heavy atom. The normalized spacial score (nSPS) is 20.8. The summed E-state index contributed by atoms with van der Waals surface area (Å²) in [5.41, 5.74) is 3.73. The molecule has 0 saturated carbocycles. The molecule has 8 nitrogen and oxygen atoms in total. The van der Waals surface area contributed by atoms with Crippen LogP contribution in [0.25, 0.3) is 10.9 Å². The monoisotopic (exact) mass is 425 g/mol. The first-order chi connectivity index (χ1) is 14.7. The number of hydrogen-bond acceptors (Lipinski definition) is 4. The van der Waals surface area contributed by atoms with Crippen molar-refractivity contribution < 1.29 is 9.80 Å². The maximum atomic E-state index is 13.4. The molecule has 3 aromatic rings. The lowest BCUT2D eigenvalue weighted by Crippen LogP contribution is -3.27. The van der Waals surface area contributed by atoms with Gasteiger partial charge in [-0.3, -0.25) is 4.79 Å². The van der Waals surface area contributed by atoms with E-state index >= 15 is 0 Å². The predicted molar refractivity (Wildman–Crippen MR) is 121 cm³/mol. The number of pyridine rings is 1. The summed E-state index contributed by atoms with van der Waals surface area (Å²) in [6.45, 7) is 14.7. The molecule has 1 fully saturated rings. The molecule has 0 amide bonds. The highest BCUT2D eigenvalue weighted by molar-refractivity contribution is 5.80. The maximum Gasteiger partial charge on any atom is 0.258 e. The zero-order valence-corrected chi connectivity index (χ0v) is 19.5. The van der Waals surface area contributed by atoms with Gasteiger partial charge in [0.2, 0.25) is 5.82 Å². The van der Waals surface area contributed by atoms with Gasteiger partial charge in [-0.1, -0.05) is 6.92 Å². The van der Waals surface area contributed by atoms with Crippen LogP contribution in [0.4, 0.5) is 0 Å². The van der Waals surface area contributed by atoms with Gasteiger partial charge in [-0.25, -0.2) is 4.68 Å². The third-order valence-electron chi connectivity index (χ3n) is 7.14. The summed E-state index contributed by atoms with van der Waals surface area (Å²) in [5.74, 6) is 0.773. The molecule has 1 aliphatic rings. The fourth-order valence-corrected chi connectivity index (χ4v) is 4.49. The van der Waals surface area contributed by atoms with Crippen LogP contribution in [-0.2, 0) is 5.54 Å². The number of aromatic amines is 1. The second kappa shape index (κ2) is 8.16. The quantitative estimate of drug-likeness (QED) is 0.528. The first-order valence-corrected chi connectivity index (χ1v) is 11.3. The molecule has 0 aliphatic carbocycles. The van der Waals surface area contributed by atoms with Gasteiger partial charge in [-0.05, 0) is 79.3 Å². The number of aromatic nitrogens is 5. The first kappa shape index (κ1) is 21.6. The third-order valence-corrected chi connectivity index (χ3v) is 7.14. The lowest BCUT2D eigenvalue weighted by atomic mass is 9.98. The zero-order chi connectivity index (χ0) is 22.3. The number of quaternary nitrogens is 2. The van der Waals surface area contributed by atoms with Gasteiger partial charge in [-0.15, -0.1) is 5.10 Å². The van der Waals surface area contributed by atoms with Crippen molar-refractivity contribution in [3.05, 3.63) is 51.1 Å². The van der Waals surface area contributed by atoms with Crippen molar-refractivity contribution in [1.82, 2.24) is 25.2 Å². The highest BCUT2D eigenvalue weighted by atomic mass is 16.1. The number of hydrogen-bond donors (Lipinski definition) is 3. The van der Waals surface area contributed by atoms with E-state index in [0.717, 1.165) is 54.9 Å². The average Bonchev–Trinajstić information content (AvgIpc) is 3.22. The van der Waals surface area contributed by atoms with Crippen molar-refractivity contribution >= 4 is 10.9 Å². The summed E-state index contributed by atoms with van der Waals surface area (Å²) in [6.07, 6.45) is 0.895. The number of nitrogens with zero attached hydrogens (tertiary/aromatic N) is 4. The Kier molecular flexibility index (Phi) is 5.70. The van der Waals surface area contributed by atoms with E-state index < -0.39 is 0 Å². The SMILES string of the molecule is CCC(C)(C)n1nnnc1[C@H](c1cc2cc(C)c(C)cc2[nH]c1=O)[NH+]1CC[NH+](C)CC1. The zero-order valence-electron chi connectivity index (χ0n) is 19.5. The van der Waals surface area contributed by atoms with Crippen LogP contribution in [0.5, 0.6) is 0 Å². The molecule has 4 rings (SSSR count). The van der Waals surface area contributed by atoms with E-state index in [1.165, 1.54) is 20.9 Å². The number of benzene rings is 1. The van der Waals surface area contributed by atoms with Gasteiger partial charge < -0.3 is 14.8 Å². The van der Waals surface area contributed by atoms with Crippen LogP contribution in [-0.4, -0.2) is 58.4 Å². The minimum absolute atomic E-state index is 0.0524. The van der Waals surface area contributed by atoms with E-state index in [1.807, 2.05) is 4.68 Å². The van der Waals surface area contributed by atoms with Crippen LogP contribution in [0.2, 0.25) is 0 Å². The number of rotatable bonds is 5. The molecular weight excluding hydrogens is 390 g/mol. The lowest BCUT2D eigenvalue weighted by Gasteiger charge is -2.34. The largest absolute Gasteiger partial charge is 0.328 e. The van der Waals surface area contributed by atoms with Gasteiger partial charge in [0.15, 0.2) is 6.04 Å². The number of aryl methyl sites for hydroxylation is 2. The average molecular weight is 426 g/mol. The van der Waals surface area contributed by atoms with Crippen molar-refractivity contribution in [2.75, 3.05) is 33.2 Å². The smallest absolute Gasteiger partial charge is 0.258 e. The Bertz CT molecular complexity index is 1140. The summed E-state index contributed by atoms with van der Waals surface area (Å²) < 4.78 is 1.93. The minimum Gasteiger partial charge on any atom is -0.328 e. The Morgan fingerprint density at radius 3 is 2.48 bits per heavy atom. The van der Waals surface area contributed by atoms with Crippen LogP contribution < -0.4 is 15.4 Å². The van der Waals surface area contributed by atoms with Crippen LogP contribution >= 0.6 is 0 Å². The van der Waals surface area contributed by atoms with Gasteiger partial charge in [0.1, 0.15) is 26.2 Å². The molecule has 3 heterocycles. The second-order valence-corrected chi connectivity index (χ2v) is 9.74. The molecule has 0 spiro atoms. The molecule has 1 atom stereocenters. The molecular formula is C23H35N7O+2. The second-order valence-electron chi connectivity index (χ2n) is 9.74. The molecule has 31 heavy (non-hydrogen) atoms. The summed E-state index contributed by atoms with van der Waals surface area (Å²) >= 11 is 0. The van der Waals surface area contributed by atoms with Crippen LogP contribution in [0.3, 0.4) is 0 Å². The topological polar surface area (TPSA) is 85.3 Å². The molecule has 2 aromatic heterocycles. The number of likely N-dealkylation sites (N-methyl/N-ethyl adjacent to an activating group) is 1. The highest BCUT2D eigenvalue weighted by Crippen LogP contribution is 2.25. The number of H-pyrrole nitrogens is 1. The standard InChI is InChI=1S/C23H33N7O/c1-7-23(4,5)30-21(25-26-27-30)20(29-10-8-28(6)9-11-29)18-14-17-12-15(2)16(3)13-19(17)24-22(18)31/h12-14,20H,7-11H2,1-6H3,(H,24,31)/p+2/t20-/m0/s1. The van der Waals surface area contributed by atoms with Gasteiger partial charge in [0.05, 0.1) is 18.2 Å². The molecule has 8 heteroatoms. The summed E-state index contributed by atoms with van der Waals surface area (Å²) in [7, 11) is 2.23. The van der Waals surface area contributed by atoms with Crippen molar-refractivity contribution in [2.45, 2.75) is 52.6 Å². The Morgan fingerprint density at radius 2 is 1.81 bits per heavy atom. The molecule has 1 aliphatic heterocycles. The fourth-order valence-electron chi connectivity index (χ4n) is 4.49. The molecule has 166 valence electrons.